The SMILES string of the molecule is Cc1ccc(C(=O)Nc2cc(N)ccc2Cl)cc1Br. The fraction of sp³-hybridized carbons (Fsp3) is 0.0714. The molecular weight excluding hydrogens is 328 g/mol. The summed E-state index contributed by atoms with van der Waals surface area (Å²) in [5.41, 5.74) is 8.34. The Morgan fingerprint density at radius 1 is 1.26 bits per heavy atom. The predicted octanol–water partition coefficient (Wildman–Crippen LogP) is 4.25. The lowest BCUT2D eigenvalue weighted by Crippen LogP contribution is -2.12. The number of anilines is 2. The van der Waals surface area contributed by atoms with Crippen molar-refractivity contribution in [2.45, 2.75) is 6.92 Å². The van der Waals surface area contributed by atoms with Crippen molar-refractivity contribution in [2.24, 2.45) is 0 Å². The van der Waals surface area contributed by atoms with E-state index in [9.17, 15) is 4.79 Å². The van der Waals surface area contributed by atoms with Crippen molar-refractivity contribution in [3.63, 3.8) is 0 Å². The van der Waals surface area contributed by atoms with E-state index in [0.29, 0.717) is 22.0 Å². The van der Waals surface area contributed by atoms with Crippen LogP contribution in [0.1, 0.15) is 15.9 Å². The summed E-state index contributed by atoms with van der Waals surface area (Å²) in [5.74, 6) is -0.229. The van der Waals surface area contributed by atoms with Crippen LogP contribution >= 0.6 is 27.5 Å². The first-order valence-electron chi connectivity index (χ1n) is 5.60. The Morgan fingerprint density at radius 3 is 2.68 bits per heavy atom. The summed E-state index contributed by atoms with van der Waals surface area (Å²) in [4.78, 5) is 12.1. The lowest BCUT2D eigenvalue weighted by Gasteiger charge is -2.09. The number of amides is 1. The highest BCUT2D eigenvalue weighted by Gasteiger charge is 2.10. The highest BCUT2D eigenvalue weighted by molar-refractivity contribution is 9.10. The van der Waals surface area contributed by atoms with Crippen molar-refractivity contribution in [1.82, 2.24) is 0 Å². The molecule has 2 aromatic rings. The normalized spacial score (nSPS) is 10.3. The van der Waals surface area contributed by atoms with Gasteiger partial charge in [-0.2, -0.15) is 0 Å². The molecule has 0 saturated heterocycles. The van der Waals surface area contributed by atoms with Gasteiger partial charge < -0.3 is 11.1 Å². The largest absolute Gasteiger partial charge is 0.399 e. The maximum absolute atomic E-state index is 12.1. The number of halogens is 2. The zero-order valence-corrected chi connectivity index (χ0v) is 12.5. The van der Waals surface area contributed by atoms with Crippen LogP contribution in [0.4, 0.5) is 11.4 Å². The molecular formula is C14H12BrClN2O. The van der Waals surface area contributed by atoms with Gasteiger partial charge in [-0.05, 0) is 42.8 Å². The van der Waals surface area contributed by atoms with Gasteiger partial charge in [0.1, 0.15) is 0 Å². The van der Waals surface area contributed by atoms with Gasteiger partial charge in [-0.3, -0.25) is 4.79 Å². The van der Waals surface area contributed by atoms with Crippen LogP contribution in [0, 0.1) is 6.92 Å². The molecule has 3 nitrogen and oxygen atoms in total. The van der Waals surface area contributed by atoms with Gasteiger partial charge in [-0.15, -0.1) is 0 Å². The topological polar surface area (TPSA) is 55.1 Å². The predicted molar refractivity (Wildman–Crippen MR) is 82.7 cm³/mol. The minimum Gasteiger partial charge on any atom is -0.399 e. The number of rotatable bonds is 2. The van der Waals surface area contributed by atoms with E-state index in [1.807, 2.05) is 13.0 Å². The van der Waals surface area contributed by atoms with Crippen molar-refractivity contribution in [2.75, 3.05) is 11.1 Å². The van der Waals surface area contributed by atoms with E-state index in [0.717, 1.165) is 10.0 Å². The van der Waals surface area contributed by atoms with Crippen molar-refractivity contribution in [3.05, 3.63) is 57.0 Å². The number of hydrogen-bond donors (Lipinski definition) is 2. The Labute approximate surface area is 124 Å². The molecule has 0 aliphatic rings. The molecule has 0 fully saturated rings. The summed E-state index contributed by atoms with van der Waals surface area (Å²) < 4.78 is 0.888. The Kier molecular flexibility index (Phi) is 4.12. The van der Waals surface area contributed by atoms with E-state index in [1.165, 1.54) is 0 Å². The monoisotopic (exact) mass is 338 g/mol. The number of aryl methyl sites for hydroxylation is 1. The van der Waals surface area contributed by atoms with Crippen LogP contribution in [0.15, 0.2) is 40.9 Å². The van der Waals surface area contributed by atoms with E-state index >= 15 is 0 Å². The Hall–Kier alpha value is -1.52. The van der Waals surface area contributed by atoms with Gasteiger partial charge in [0.2, 0.25) is 0 Å². The third-order valence-corrected chi connectivity index (χ3v) is 3.86. The maximum atomic E-state index is 12.1. The van der Waals surface area contributed by atoms with Gasteiger partial charge in [0, 0.05) is 15.7 Å². The van der Waals surface area contributed by atoms with Gasteiger partial charge in [-0.1, -0.05) is 33.6 Å². The molecule has 0 unspecified atom stereocenters. The highest BCUT2D eigenvalue weighted by Crippen LogP contribution is 2.25. The molecule has 0 aliphatic heterocycles. The van der Waals surface area contributed by atoms with Gasteiger partial charge >= 0.3 is 0 Å². The summed E-state index contributed by atoms with van der Waals surface area (Å²) in [6.07, 6.45) is 0. The standard InChI is InChI=1S/C14H12BrClN2O/c1-8-2-3-9(6-11(8)15)14(19)18-13-7-10(17)4-5-12(13)16/h2-7H,17H2,1H3,(H,18,19). The van der Waals surface area contributed by atoms with E-state index in [4.69, 9.17) is 17.3 Å². The molecule has 0 radical (unpaired) electrons. The van der Waals surface area contributed by atoms with E-state index in [2.05, 4.69) is 21.2 Å². The van der Waals surface area contributed by atoms with Crippen LogP contribution in [0.3, 0.4) is 0 Å². The lowest BCUT2D eigenvalue weighted by atomic mass is 10.1. The number of carbonyl (C=O) groups excluding carboxylic acids is 1. The summed E-state index contributed by atoms with van der Waals surface area (Å²) in [6, 6.07) is 10.4. The van der Waals surface area contributed by atoms with Crippen molar-refractivity contribution in [3.8, 4) is 0 Å². The maximum Gasteiger partial charge on any atom is 0.255 e. The molecule has 98 valence electrons. The number of carbonyl (C=O) groups is 1. The van der Waals surface area contributed by atoms with E-state index in [-0.39, 0.29) is 5.91 Å². The molecule has 0 saturated carbocycles. The number of nitrogens with one attached hydrogen (secondary N) is 1. The summed E-state index contributed by atoms with van der Waals surface area (Å²) in [5, 5.41) is 3.19. The third kappa shape index (κ3) is 3.28. The third-order valence-electron chi connectivity index (χ3n) is 2.67. The van der Waals surface area contributed by atoms with Gasteiger partial charge in [0.25, 0.3) is 5.91 Å². The molecule has 5 heteroatoms. The molecule has 0 atom stereocenters. The van der Waals surface area contributed by atoms with Crippen LogP contribution < -0.4 is 11.1 Å². The zero-order chi connectivity index (χ0) is 14.0. The Bertz CT molecular complexity index is 643. The highest BCUT2D eigenvalue weighted by atomic mass is 79.9. The smallest absolute Gasteiger partial charge is 0.255 e. The summed E-state index contributed by atoms with van der Waals surface area (Å²) in [6.45, 7) is 1.96. The van der Waals surface area contributed by atoms with Crippen molar-refractivity contribution < 1.29 is 4.79 Å². The van der Waals surface area contributed by atoms with Crippen LogP contribution in [-0.2, 0) is 0 Å². The second-order valence-corrected chi connectivity index (χ2v) is 5.42. The molecule has 0 heterocycles. The average molecular weight is 340 g/mol. The first-order chi connectivity index (χ1) is 8.97. The molecule has 1 amide bonds. The molecule has 2 rings (SSSR count). The van der Waals surface area contributed by atoms with Crippen molar-refractivity contribution >= 4 is 44.8 Å². The van der Waals surface area contributed by atoms with Crippen LogP contribution in [0.25, 0.3) is 0 Å². The average Bonchev–Trinajstić information content (AvgIpc) is 2.37. The van der Waals surface area contributed by atoms with Gasteiger partial charge in [0.15, 0.2) is 0 Å². The molecule has 0 bridgehead atoms. The second kappa shape index (κ2) is 5.63. The summed E-state index contributed by atoms with van der Waals surface area (Å²) in [7, 11) is 0. The molecule has 0 aliphatic carbocycles. The molecule has 2 aromatic carbocycles. The molecule has 0 aromatic heterocycles. The number of nitrogen functional groups attached to an aromatic ring is 1. The molecule has 19 heavy (non-hydrogen) atoms. The van der Waals surface area contributed by atoms with Crippen molar-refractivity contribution in [1.29, 1.82) is 0 Å². The zero-order valence-electron chi connectivity index (χ0n) is 10.2. The molecule has 0 spiro atoms. The molecule has 3 N–H and O–H groups in total. The Morgan fingerprint density at radius 2 is 2.00 bits per heavy atom. The minimum absolute atomic E-state index is 0.229. The lowest BCUT2D eigenvalue weighted by molar-refractivity contribution is 0.102. The minimum atomic E-state index is -0.229. The second-order valence-electron chi connectivity index (χ2n) is 4.16. The fourth-order valence-corrected chi connectivity index (χ4v) is 2.11. The van der Waals surface area contributed by atoms with Crippen LogP contribution in [0.2, 0.25) is 5.02 Å². The van der Waals surface area contributed by atoms with Gasteiger partial charge in [-0.25, -0.2) is 0 Å². The van der Waals surface area contributed by atoms with E-state index in [1.54, 1.807) is 30.3 Å². The quantitative estimate of drug-likeness (QED) is 0.804. The number of hydrogen-bond acceptors (Lipinski definition) is 2. The number of nitrogens with two attached hydrogens (primary N) is 1. The first kappa shape index (κ1) is 13.9. The van der Waals surface area contributed by atoms with Crippen LogP contribution in [-0.4, -0.2) is 5.91 Å². The Balaban J connectivity index is 2.25. The first-order valence-corrected chi connectivity index (χ1v) is 6.77. The number of benzene rings is 2. The van der Waals surface area contributed by atoms with Crippen LogP contribution in [0.5, 0.6) is 0 Å². The fourth-order valence-electron chi connectivity index (χ4n) is 1.57. The van der Waals surface area contributed by atoms with E-state index < -0.39 is 0 Å². The summed E-state index contributed by atoms with van der Waals surface area (Å²) >= 11 is 9.40. The van der Waals surface area contributed by atoms with Gasteiger partial charge in [0.05, 0.1) is 10.7 Å².